The van der Waals surface area contributed by atoms with Crippen LogP contribution in [0, 0.1) is 5.92 Å². The minimum atomic E-state index is -4.62. The Morgan fingerprint density at radius 1 is 1.23 bits per heavy atom. The van der Waals surface area contributed by atoms with Gasteiger partial charge in [-0.05, 0) is 11.5 Å². The first-order valence-electron chi connectivity index (χ1n) is 9.53. The highest BCUT2D eigenvalue weighted by Gasteiger charge is 2.46. The standard InChI is InChI=1S/C20H21F5N4O2/c1-13-7-19(21,22)12-29(18(30)31-11-14-5-3-2-4-6-14)15(13)8-27-17-10-26-16(9-28-17)20(23,24)25/h2-6,9-10,13,15H,7-8,11-12H2,1H3,(H,27,28)/t13-,15-/m1/s1. The fraction of sp³-hybridized carbons (Fsp3) is 0.450. The third-order valence-electron chi connectivity index (χ3n) is 4.95. The Morgan fingerprint density at radius 3 is 2.55 bits per heavy atom. The Hall–Kier alpha value is -2.98. The summed E-state index contributed by atoms with van der Waals surface area (Å²) in [5.41, 5.74) is -0.433. The average Bonchev–Trinajstić information content (AvgIpc) is 2.71. The SMILES string of the molecule is C[C@@H]1CC(F)(F)CN(C(=O)OCc2ccccc2)[C@@H]1CNc1cnc(C(F)(F)F)cn1. The van der Waals surface area contributed by atoms with E-state index in [1.54, 1.807) is 37.3 Å². The number of carbonyl (C=O) groups is 1. The van der Waals surface area contributed by atoms with Crippen LogP contribution in [0.15, 0.2) is 42.7 Å². The van der Waals surface area contributed by atoms with Gasteiger partial charge < -0.3 is 10.1 Å². The van der Waals surface area contributed by atoms with Crippen molar-refractivity contribution in [1.29, 1.82) is 0 Å². The third kappa shape index (κ3) is 6.02. The van der Waals surface area contributed by atoms with Gasteiger partial charge in [-0.15, -0.1) is 0 Å². The zero-order valence-electron chi connectivity index (χ0n) is 16.6. The van der Waals surface area contributed by atoms with E-state index in [0.717, 1.165) is 11.1 Å². The molecule has 31 heavy (non-hydrogen) atoms. The molecular weight excluding hydrogens is 423 g/mol. The Morgan fingerprint density at radius 2 is 1.94 bits per heavy atom. The van der Waals surface area contributed by atoms with E-state index in [1.165, 1.54) is 0 Å². The molecule has 1 aliphatic heterocycles. The van der Waals surface area contributed by atoms with E-state index in [9.17, 15) is 26.7 Å². The number of amides is 1. The monoisotopic (exact) mass is 444 g/mol. The molecule has 1 aromatic carbocycles. The normalized spacial score (nSPS) is 20.9. The molecule has 11 heteroatoms. The van der Waals surface area contributed by atoms with Crippen LogP contribution in [-0.2, 0) is 17.5 Å². The summed E-state index contributed by atoms with van der Waals surface area (Å²) in [4.78, 5) is 20.5. The van der Waals surface area contributed by atoms with Crippen LogP contribution in [-0.4, -0.2) is 46.0 Å². The van der Waals surface area contributed by atoms with Crippen LogP contribution >= 0.6 is 0 Å². The number of piperidine rings is 1. The average molecular weight is 444 g/mol. The zero-order chi connectivity index (χ0) is 22.6. The molecule has 2 aromatic rings. The van der Waals surface area contributed by atoms with Crippen LogP contribution in [0.4, 0.5) is 32.6 Å². The van der Waals surface area contributed by atoms with Crippen molar-refractivity contribution in [3.05, 3.63) is 54.0 Å². The van der Waals surface area contributed by atoms with Gasteiger partial charge in [0.25, 0.3) is 5.92 Å². The van der Waals surface area contributed by atoms with Crippen molar-refractivity contribution < 1.29 is 31.5 Å². The van der Waals surface area contributed by atoms with Gasteiger partial charge in [0.2, 0.25) is 0 Å². The molecule has 6 nitrogen and oxygen atoms in total. The van der Waals surface area contributed by atoms with Gasteiger partial charge in [-0.2, -0.15) is 13.2 Å². The topological polar surface area (TPSA) is 67.3 Å². The van der Waals surface area contributed by atoms with Gasteiger partial charge in [-0.3, -0.25) is 4.90 Å². The number of carbonyl (C=O) groups excluding carboxylic acids is 1. The molecule has 0 radical (unpaired) electrons. The molecule has 0 unspecified atom stereocenters. The van der Waals surface area contributed by atoms with Crippen LogP contribution in [0.2, 0.25) is 0 Å². The van der Waals surface area contributed by atoms with Crippen molar-refractivity contribution in [2.75, 3.05) is 18.4 Å². The fourth-order valence-corrected chi connectivity index (χ4v) is 3.43. The smallest absolute Gasteiger partial charge is 0.434 e. The lowest BCUT2D eigenvalue weighted by Gasteiger charge is -2.42. The number of rotatable bonds is 5. The summed E-state index contributed by atoms with van der Waals surface area (Å²) in [7, 11) is 0. The molecule has 0 spiro atoms. The lowest BCUT2D eigenvalue weighted by Crippen LogP contribution is -2.57. The predicted octanol–water partition coefficient (Wildman–Crippen LogP) is 4.59. The van der Waals surface area contributed by atoms with E-state index >= 15 is 0 Å². The Kier molecular flexibility index (Phi) is 6.61. The number of benzene rings is 1. The highest BCUT2D eigenvalue weighted by molar-refractivity contribution is 5.68. The molecule has 3 rings (SSSR count). The van der Waals surface area contributed by atoms with Gasteiger partial charge in [-0.1, -0.05) is 37.3 Å². The van der Waals surface area contributed by atoms with Crippen LogP contribution in [0.25, 0.3) is 0 Å². The summed E-state index contributed by atoms with van der Waals surface area (Å²) in [5.74, 6) is -3.63. The van der Waals surface area contributed by atoms with Crippen molar-refractivity contribution >= 4 is 11.9 Å². The van der Waals surface area contributed by atoms with E-state index < -0.39 is 48.8 Å². The molecule has 1 aliphatic rings. The van der Waals surface area contributed by atoms with Crippen LogP contribution in [0.5, 0.6) is 0 Å². The second kappa shape index (κ2) is 9.03. The van der Waals surface area contributed by atoms with Gasteiger partial charge in [0, 0.05) is 13.0 Å². The largest absolute Gasteiger partial charge is 0.445 e. The third-order valence-corrected chi connectivity index (χ3v) is 4.95. The zero-order valence-corrected chi connectivity index (χ0v) is 16.6. The van der Waals surface area contributed by atoms with Crippen LogP contribution in [0.1, 0.15) is 24.6 Å². The minimum Gasteiger partial charge on any atom is -0.445 e. The Balaban J connectivity index is 1.67. The summed E-state index contributed by atoms with van der Waals surface area (Å²) in [5, 5.41) is 2.77. The molecule has 1 saturated heterocycles. The first kappa shape index (κ1) is 22.7. The second-order valence-electron chi connectivity index (χ2n) is 7.44. The van der Waals surface area contributed by atoms with Gasteiger partial charge in [0.15, 0.2) is 5.69 Å². The molecule has 0 saturated carbocycles. The van der Waals surface area contributed by atoms with E-state index in [2.05, 4.69) is 15.3 Å². The Bertz CT molecular complexity index is 877. The van der Waals surface area contributed by atoms with Crippen LogP contribution < -0.4 is 5.32 Å². The number of hydrogen-bond acceptors (Lipinski definition) is 5. The maximum absolute atomic E-state index is 14.1. The highest BCUT2D eigenvalue weighted by Crippen LogP contribution is 2.35. The first-order chi connectivity index (χ1) is 14.5. The molecule has 2 atom stereocenters. The maximum atomic E-state index is 14.1. The second-order valence-corrected chi connectivity index (χ2v) is 7.44. The number of halogens is 5. The number of anilines is 1. The fourth-order valence-electron chi connectivity index (χ4n) is 3.43. The lowest BCUT2D eigenvalue weighted by atomic mass is 9.89. The number of hydrogen-bond donors (Lipinski definition) is 1. The number of ether oxygens (including phenoxy) is 1. The summed E-state index contributed by atoms with van der Waals surface area (Å²) >= 11 is 0. The molecule has 1 N–H and O–H groups in total. The number of alkyl halides is 5. The summed E-state index contributed by atoms with van der Waals surface area (Å²) in [6, 6.07) is 8.12. The van der Waals surface area contributed by atoms with Crippen molar-refractivity contribution in [1.82, 2.24) is 14.9 Å². The van der Waals surface area contributed by atoms with E-state index in [0.29, 0.717) is 11.8 Å². The molecule has 168 valence electrons. The van der Waals surface area contributed by atoms with Crippen molar-refractivity contribution in [2.24, 2.45) is 5.92 Å². The first-order valence-corrected chi connectivity index (χ1v) is 9.53. The minimum absolute atomic E-state index is 0.00225. The number of nitrogens with one attached hydrogen (secondary N) is 1. The van der Waals surface area contributed by atoms with Gasteiger partial charge >= 0.3 is 12.3 Å². The van der Waals surface area contributed by atoms with Gasteiger partial charge in [0.05, 0.1) is 25.0 Å². The highest BCUT2D eigenvalue weighted by atomic mass is 19.4. The maximum Gasteiger partial charge on any atom is 0.434 e. The number of likely N-dealkylation sites (tertiary alicyclic amines) is 1. The molecule has 1 aromatic heterocycles. The van der Waals surface area contributed by atoms with Crippen molar-refractivity contribution in [3.8, 4) is 0 Å². The lowest BCUT2D eigenvalue weighted by molar-refractivity contribution is -0.141. The summed E-state index contributed by atoms with van der Waals surface area (Å²) in [6.07, 6.45) is -4.45. The van der Waals surface area contributed by atoms with E-state index in [1.807, 2.05) is 0 Å². The summed E-state index contributed by atoms with van der Waals surface area (Å²) in [6.45, 7) is 0.698. The molecule has 1 amide bonds. The molecule has 1 fully saturated rings. The van der Waals surface area contributed by atoms with E-state index in [-0.39, 0.29) is 19.0 Å². The van der Waals surface area contributed by atoms with Crippen LogP contribution in [0.3, 0.4) is 0 Å². The van der Waals surface area contributed by atoms with Crippen molar-refractivity contribution in [3.63, 3.8) is 0 Å². The molecular formula is C20H21F5N4O2. The summed E-state index contributed by atoms with van der Waals surface area (Å²) < 4.78 is 71.3. The van der Waals surface area contributed by atoms with Crippen molar-refractivity contribution in [2.45, 2.75) is 38.1 Å². The van der Waals surface area contributed by atoms with Gasteiger partial charge in [0.1, 0.15) is 12.4 Å². The number of nitrogens with zero attached hydrogens (tertiary/aromatic N) is 3. The predicted molar refractivity (Wildman–Crippen MR) is 101 cm³/mol. The number of aromatic nitrogens is 2. The Labute approximate surface area is 175 Å². The molecule has 0 aliphatic carbocycles. The molecule has 2 heterocycles. The van der Waals surface area contributed by atoms with Gasteiger partial charge in [-0.25, -0.2) is 23.5 Å². The molecule has 0 bridgehead atoms. The van der Waals surface area contributed by atoms with E-state index in [4.69, 9.17) is 4.74 Å². The quantitative estimate of drug-likeness (QED) is 0.684.